The first-order chi connectivity index (χ1) is 12.2. The lowest BCUT2D eigenvalue weighted by atomic mass is 10.1. The third-order valence-corrected chi connectivity index (χ3v) is 4.10. The standard InChI is InChI=1S/C18H19ClFNO5/c1-5-25-18(24)10(4)26-15-8-14(13(20)7-12(15)19)21-16(22)6-11(9(2)3)17(21)23/h7-8,10H,5-6H2,1-4H3. The van der Waals surface area contributed by atoms with Crippen molar-refractivity contribution in [3.8, 4) is 5.75 Å². The molecule has 26 heavy (non-hydrogen) atoms. The first-order valence-electron chi connectivity index (χ1n) is 8.03. The molecule has 1 unspecified atom stereocenters. The highest BCUT2D eigenvalue weighted by Gasteiger charge is 2.37. The molecule has 2 amide bonds. The van der Waals surface area contributed by atoms with Crippen molar-refractivity contribution in [1.29, 1.82) is 0 Å². The molecule has 1 aromatic rings. The summed E-state index contributed by atoms with van der Waals surface area (Å²) in [5, 5.41) is -0.0936. The molecule has 0 aliphatic carbocycles. The fourth-order valence-corrected chi connectivity index (χ4v) is 2.66. The number of anilines is 1. The lowest BCUT2D eigenvalue weighted by Gasteiger charge is -2.19. The second-order valence-electron chi connectivity index (χ2n) is 5.94. The van der Waals surface area contributed by atoms with Gasteiger partial charge >= 0.3 is 5.97 Å². The van der Waals surface area contributed by atoms with Gasteiger partial charge in [0.05, 0.1) is 23.7 Å². The molecule has 6 nitrogen and oxygen atoms in total. The van der Waals surface area contributed by atoms with Crippen LogP contribution in [-0.4, -0.2) is 30.5 Å². The highest BCUT2D eigenvalue weighted by atomic mass is 35.5. The van der Waals surface area contributed by atoms with Crippen molar-refractivity contribution < 1.29 is 28.2 Å². The Morgan fingerprint density at radius 1 is 1.35 bits per heavy atom. The average molecular weight is 384 g/mol. The molecule has 1 atom stereocenters. The number of carbonyl (C=O) groups excluding carboxylic acids is 3. The number of ether oxygens (including phenoxy) is 2. The van der Waals surface area contributed by atoms with Gasteiger partial charge in [0.15, 0.2) is 6.10 Å². The van der Waals surface area contributed by atoms with Crippen molar-refractivity contribution >= 4 is 35.1 Å². The molecule has 2 rings (SSSR count). The van der Waals surface area contributed by atoms with Gasteiger partial charge in [-0.15, -0.1) is 0 Å². The minimum atomic E-state index is -0.996. The van der Waals surface area contributed by atoms with E-state index in [1.807, 2.05) is 0 Å². The first kappa shape index (κ1) is 19.9. The Hall–Kier alpha value is -2.41. The topological polar surface area (TPSA) is 72.9 Å². The summed E-state index contributed by atoms with van der Waals surface area (Å²) in [5.41, 5.74) is 0.742. The van der Waals surface area contributed by atoms with Crippen molar-refractivity contribution in [1.82, 2.24) is 0 Å². The monoisotopic (exact) mass is 383 g/mol. The lowest BCUT2D eigenvalue weighted by molar-refractivity contribution is -0.150. The summed E-state index contributed by atoms with van der Waals surface area (Å²) < 4.78 is 24.6. The van der Waals surface area contributed by atoms with Gasteiger partial charge in [0.2, 0.25) is 5.91 Å². The third kappa shape index (κ3) is 3.88. The zero-order valence-electron chi connectivity index (χ0n) is 14.9. The Labute approximate surface area is 155 Å². The molecule has 0 radical (unpaired) electrons. The zero-order chi connectivity index (χ0) is 19.6. The number of hydrogen-bond donors (Lipinski definition) is 0. The van der Waals surface area contributed by atoms with Crippen LogP contribution in [0.1, 0.15) is 34.1 Å². The van der Waals surface area contributed by atoms with E-state index in [0.29, 0.717) is 11.1 Å². The van der Waals surface area contributed by atoms with E-state index in [9.17, 15) is 18.8 Å². The van der Waals surface area contributed by atoms with Gasteiger partial charge in [0.25, 0.3) is 5.91 Å². The van der Waals surface area contributed by atoms with Crippen LogP contribution in [0.5, 0.6) is 5.75 Å². The minimum absolute atomic E-state index is 0.0325. The van der Waals surface area contributed by atoms with Crippen molar-refractivity contribution in [2.45, 2.75) is 40.2 Å². The predicted octanol–water partition coefficient (Wildman–Crippen LogP) is 3.41. The number of allylic oxidation sites excluding steroid dienone is 1. The molecule has 0 saturated carbocycles. The average Bonchev–Trinajstić information content (AvgIpc) is 2.85. The maximum Gasteiger partial charge on any atom is 0.347 e. The van der Waals surface area contributed by atoms with Crippen LogP contribution in [0, 0.1) is 5.82 Å². The molecule has 1 aliphatic heterocycles. The molecule has 140 valence electrons. The van der Waals surface area contributed by atoms with Crippen LogP contribution in [0.2, 0.25) is 5.02 Å². The molecule has 0 N–H and O–H groups in total. The van der Waals surface area contributed by atoms with Crippen LogP contribution in [0.4, 0.5) is 10.1 Å². The molecule has 0 aromatic heterocycles. The zero-order valence-corrected chi connectivity index (χ0v) is 15.6. The van der Waals surface area contributed by atoms with E-state index in [-0.39, 0.29) is 29.5 Å². The van der Waals surface area contributed by atoms with Crippen LogP contribution in [0.25, 0.3) is 0 Å². The van der Waals surface area contributed by atoms with Gasteiger partial charge in [-0.1, -0.05) is 17.2 Å². The quantitative estimate of drug-likeness (QED) is 0.442. The highest BCUT2D eigenvalue weighted by molar-refractivity contribution is 6.32. The van der Waals surface area contributed by atoms with E-state index in [1.54, 1.807) is 20.8 Å². The maximum absolute atomic E-state index is 14.4. The summed E-state index contributed by atoms with van der Waals surface area (Å²) in [7, 11) is 0. The van der Waals surface area contributed by atoms with Crippen LogP contribution in [0.15, 0.2) is 23.3 Å². The van der Waals surface area contributed by atoms with Crippen molar-refractivity contribution in [3.63, 3.8) is 0 Å². The Kier molecular flexibility index (Phi) is 6.02. The third-order valence-electron chi connectivity index (χ3n) is 3.81. The van der Waals surface area contributed by atoms with E-state index in [1.165, 1.54) is 6.92 Å². The fourth-order valence-electron chi connectivity index (χ4n) is 2.47. The van der Waals surface area contributed by atoms with Gasteiger partial charge in [0.1, 0.15) is 11.6 Å². The number of rotatable bonds is 5. The number of esters is 1. The van der Waals surface area contributed by atoms with Gasteiger partial charge in [-0.2, -0.15) is 0 Å². The molecule has 1 fully saturated rings. The van der Waals surface area contributed by atoms with E-state index in [0.717, 1.165) is 17.0 Å². The Bertz CT molecular complexity index is 801. The van der Waals surface area contributed by atoms with Crippen LogP contribution < -0.4 is 9.64 Å². The Balaban J connectivity index is 2.39. The number of carbonyl (C=O) groups is 3. The largest absolute Gasteiger partial charge is 0.477 e. The highest BCUT2D eigenvalue weighted by Crippen LogP contribution is 2.36. The molecule has 8 heteroatoms. The van der Waals surface area contributed by atoms with Gasteiger partial charge in [-0.25, -0.2) is 14.1 Å². The van der Waals surface area contributed by atoms with Gasteiger partial charge in [0, 0.05) is 11.6 Å². The molecule has 0 bridgehead atoms. The van der Waals surface area contributed by atoms with Gasteiger partial charge in [-0.3, -0.25) is 9.59 Å². The summed E-state index contributed by atoms with van der Waals surface area (Å²) in [4.78, 5) is 37.1. The van der Waals surface area contributed by atoms with Crippen molar-refractivity contribution in [2.75, 3.05) is 11.5 Å². The lowest BCUT2D eigenvalue weighted by Crippen LogP contribution is -2.30. The van der Waals surface area contributed by atoms with Crippen LogP contribution in [0.3, 0.4) is 0 Å². The molecule has 0 spiro atoms. The number of nitrogens with zero attached hydrogens (tertiary/aromatic N) is 1. The number of benzene rings is 1. The number of imide groups is 1. The summed E-state index contributed by atoms with van der Waals surface area (Å²) in [6.07, 6.45) is -1.09. The van der Waals surface area contributed by atoms with Crippen LogP contribution >= 0.6 is 11.6 Å². The normalized spacial score (nSPS) is 15.3. The Morgan fingerprint density at radius 2 is 2.00 bits per heavy atom. The first-order valence-corrected chi connectivity index (χ1v) is 8.41. The Morgan fingerprint density at radius 3 is 2.54 bits per heavy atom. The molecular weight excluding hydrogens is 365 g/mol. The summed E-state index contributed by atoms with van der Waals surface area (Å²) in [6.45, 7) is 6.69. The van der Waals surface area contributed by atoms with Crippen molar-refractivity contribution in [2.24, 2.45) is 0 Å². The molecule has 1 heterocycles. The molecule has 1 saturated heterocycles. The van der Waals surface area contributed by atoms with E-state index in [2.05, 4.69) is 0 Å². The molecular formula is C18H19ClFNO5. The minimum Gasteiger partial charge on any atom is -0.477 e. The van der Waals surface area contributed by atoms with Gasteiger partial charge in [-0.05, 0) is 33.8 Å². The van der Waals surface area contributed by atoms with Crippen molar-refractivity contribution in [3.05, 3.63) is 34.1 Å². The second-order valence-corrected chi connectivity index (χ2v) is 6.34. The van der Waals surface area contributed by atoms with E-state index in [4.69, 9.17) is 21.1 Å². The maximum atomic E-state index is 14.4. The van der Waals surface area contributed by atoms with Crippen LogP contribution in [-0.2, 0) is 19.1 Å². The fraction of sp³-hybridized carbons (Fsp3) is 0.389. The molecule has 1 aromatic carbocycles. The second kappa shape index (κ2) is 7.86. The SMILES string of the molecule is CCOC(=O)C(C)Oc1cc(N2C(=O)CC(=C(C)C)C2=O)c(F)cc1Cl. The number of halogens is 2. The summed E-state index contributed by atoms with van der Waals surface area (Å²) in [5.74, 6) is -2.62. The van der Waals surface area contributed by atoms with Gasteiger partial charge < -0.3 is 9.47 Å². The van der Waals surface area contributed by atoms with E-state index >= 15 is 0 Å². The number of amides is 2. The predicted molar refractivity (Wildman–Crippen MR) is 93.6 cm³/mol. The summed E-state index contributed by atoms with van der Waals surface area (Å²) >= 11 is 5.97. The summed E-state index contributed by atoms with van der Waals surface area (Å²) in [6, 6.07) is 2.07. The van der Waals surface area contributed by atoms with E-state index < -0.39 is 29.7 Å². The number of hydrogen-bond acceptors (Lipinski definition) is 5. The smallest absolute Gasteiger partial charge is 0.347 e. The molecule has 1 aliphatic rings.